The fourth-order valence-corrected chi connectivity index (χ4v) is 8.70. The Labute approximate surface area is 264 Å². The van der Waals surface area contributed by atoms with Gasteiger partial charge in [-0.25, -0.2) is 33.5 Å². The lowest BCUT2D eigenvalue weighted by Gasteiger charge is -2.45. The van der Waals surface area contributed by atoms with Crippen LogP contribution in [0.2, 0.25) is 0 Å². The molecule has 0 radical (unpaired) electrons. The summed E-state index contributed by atoms with van der Waals surface area (Å²) in [5.74, 6) is -1.11. The Bertz CT molecular complexity index is 1900. The van der Waals surface area contributed by atoms with E-state index in [2.05, 4.69) is 44.4 Å². The molecule has 2 bridgehead atoms. The Morgan fingerprint density at radius 3 is 2.51 bits per heavy atom. The van der Waals surface area contributed by atoms with Crippen LogP contribution in [-0.2, 0) is 32.0 Å². The van der Waals surface area contributed by atoms with E-state index in [1.54, 1.807) is 18.5 Å². The van der Waals surface area contributed by atoms with Crippen molar-refractivity contribution >= 4 is 72.0 Å². The molecule has 3 aromatic heterocycles. The monoisotopic (exact) mass is 700 g/mol. The van der Waals surface area contributed by atoms with E-state index in [4.69, 9.17) is 34.3 Å². The number of aromatic nitrogens is 6. The van der Waals surface area contributed by atoms with Crippen LogP contribution in [0.25, 0.3) is 22.2 Å². The van der Waals surface area contributed by atoms with Gasteiger partial charge in [0.15, 0.2) is 23.9 Å². The van der Waals surface area contributed by atoms with Crippen LogP contribution in [0.3, 0.4) is 0 Å². The number of nitrogens with two attached hydrogens (primary N) is 2. The number of nitrogen functional groups attached to an aromatic ring is 1. The third kappa shape index (κ3) is 5.68. The number of alkyl halides is 1. The molecule has 3 fully saturated rings. The van der Waals surface area contributed by atoms with Crippen LogP contribution in [0.4, 0.5) is 10.2 Å². The highest BCUT2D eigenvalue weighted by Crippen LogP contribution is 2.60. The largest absolute Gasteiger partial charge is 0.386 e. The highest BCUT2D eigenvalue weighted by molar-refractivity contribution is 8.44. The second-order valence-electron chi connectivity index (χ2n) is 10.9. The Hall–Kier alpha value is -2.60. The summed E-state index contributed by atoms with van der Waals surface area (Å²) in [6.07, 6.45) is -1.38. The van der Waals surface area contributed by atoms with Crippen LogP contribution >= 0.6 is 38.1 Å². The third-order valence-electron chi connectivity index (χ3n) is 8.34. The molecular weight excluding hydrogens is 673 g/mol. The van der Waals surface area contributed by atoms with Crippen molar-refractivity contribution in [1.82, 2.24) is 29.1 Å². The molecule has 1 aliphatic carbocycles. The topological polar surface area (TPSA) is 211 Å². The minimum atomic E-state index is -4.19. The van der Waals surface area contributed by atoms with Gasteiger partial charge in [0.05, 0.1) is 43.6 Å². The van der Waals surface area contributed by atoms with E-state index in [0.717, 1.165) is 0 Å². The lowest BCUT2D eigenvalue weighted by Crippen LogP contribution is -2.43. The van der Waals surface area contributed by atoms with Crippen molar-refractivity contribution < 1.29 is 41.1 Å². The van der Waals surface area contributed by atoms with E-state index >= 15 is 4.39 Å². The van der Waals surface area contributed by atoms with Crippen molar-refractivity contribution in [3.8, 4) is 0 Å². The SMILES string of the molecule is NC(=O)c1cccc2c1ncn2[C@@H]1O[C@@H]2COP(=O)(S)OC[C@@H]3[C@@H](COP(=O)(S)O[C@@H]1[C@@H]2F)C[C@H]3n1cnc2c(N)ncnc21. The fraction of sp³-hybridized carbons (Fsp3) is 0.458. The van der Waals surface area contributed by atoms with Gasteiger partial charge in [0, 0.05) is 12.0 Å². The number of hydrogen-bond donors (Lipinski definition) is 4. The van der Waals surface area contributed by atoms with E-state index in [9.17, 15) is 13.9 Å². The maximum atomic E-state index is 15.9. The first-order valence-corrected chi connectivity index (χ1v) is 19.1. The second-order valence-corrected chi connectivity index (χ2v) is 16.7. The van der Waals surface area contributed by atoms with Crippen molar-refractivity contribution in [1.29, 1.82) is 0 Å². The standard InChI is InChI=1S/C24H27FN8O8P2S2/c25-17-16-7-39-42(35,44)38-6-13-11(4-15(13)32-9-31-19-21(26)28-8-29-23(19)32)5-37-43(36,45)41-20(17)24(40-16)33-10-30-18-12(22(27)34)2-1-3-14(18)33/h1-3,8-11,13,15-17,20,24H,4-7H2,(H2,27,34)(H,35,44)(H,36,45)(H2,26,28,29)/t11-,13-,15-,16-,17-,20-,24-,42?,43?/m1/s1. The number of benzene rings is 1. The average Bonchev–Trinajstić information content (AvgIpc) is 3.67. The highest BCUT2D eigenvalue weighted by atomic mass is 32.7. The number of ether oxygens (including phenoxy) is 1. The number of thiol groups is 2. The zero-order chi connectivity index (χ0) is 31.7. The number of carbonyl (C=O) groups is 1. The summed E-state index contributed by atoms with van der Waals surface area (Å²) in [7, 11) is 0. The van der Waals surface area contributed by atoms with Gasteiger partial charge in [0.1, 0.15) is 29.6 Å². The van der Waals surface area contributed by atoms with E-state index in [-0.39, 0.29) is 48.0 Å². The van der Waals surface area contributed by atoms with Crippen LogP contribution in [0.1, 0.15) is 29.0 Å². The number of anilines is 1. The molecule has 9 atom stereocenters. The maximum absolute atomic E-state index is 15.9. The molecule has 0 spiro atoms. The summed E-state index contributed by atoms with van der Waals surface area (Å²) in [6.45, 7) is -8.97. The quantitative estimate of drug-likeness (QED) is 0.178. The number of para-hydroxylation sites is 1. The first-order chi connectivity index (χ1) is 21.4. The predicted octanol–water partition coefficient (Wildman–Crippen LogP) is 3.49. The zero-order valence-electron chi connectivity index (χ0n) is 23.1. The van der Waals surface area contributed by atoms with Crippen LogP contribution in [0.5, 0.6) is 0 Å². The van der Waals surface area contributed by atoms with E-state index in [0.29, 0.717) is 23.1 Å². The molecule has 4 aromatic rings. The van der Waals surface area contributed by atoms with Gasteiger partial charge in [-0.1, -0.05) is 30.6 Å². The molecule has 4 N–H and O–H groups in total. The van der Waals surface area contributed by atoms with Gasteiger partial charge < -0.3 is 34.4 Å². The number of amides is 1. The van der Waals surface area contributed by atoms with Crippen LogP contribution in [0.15, 0.2) is 37.2 Å². The molecule has 1 amide bonds. The average molecular weight is 701 g/mol. The first kappa shape index (κ1) is 31.0. The van der Waals surface area contributed by atoms with E-state index < -0.39 is 50.7 Å². The van der Waals surface area contributed by atoms with Crippen LogP contribution < -0.4 is 11.5 Å². The number of rotatable bonds is 3. The lowest BCUT2D eigenvalue weighted by molar-refractivity contribution is -0.0436. The number of imidazole rings is 2. The first-order valence-electron chi connectivity index (χ1n) is 13.7. The third-order valence-corrected chi connectivity index (χ3v) is 11.6. The summed E-state index contributed by atoms with van der Waals surface area (Å²) in [4.78, 5) is 28.8. The van der Waals surface area contributed by atoms with Gasteiger partial charge >= 0.3 is 13.6 Å². The minimum Gasteiger partial charge on any atom is -0.382 e. The van der Waals surface area contributed by atoms with Gasteiger partial charge in [0.25, 0.3) is 5.91 Å². The van der Waals surface area contributed by atoms with Crippen molar-refractivity contribution in [2.75, 3.05) is 25.6 Å². The molecule has 2 saturated heterocycles. The predicted molar refractivity (Wildman–Crippen MR) is 163 cm³/mol. The summed E-state index contributed by atoms with van der Waals surface area (Å²) in [6, 6.07) is 4.46. The number of primary amides is 1. The van der Waals surface area contributed by atoms with Crippen LogP contribution in [0, 0.1) is 11.8 Å². The highest BCUT2D eigenvalue weighted by Gasteiger charge is 2.52. The van der Waals surface area contributed by atoms with Crippen molar-refractivity contribution in [3.63, 3.8) is 0 Å². The fourth-order valence-electron chi connectivity index (χ4n) is 6.03. The summed E-state index contributed by atoms with van der Waals surface area (Å²) >= 11 is 8.27. The Balaban J connectivity index is 1.18. The number of carbonyl (C=O) groups excluding carboxylic acids is 1. The molecule has 1 saturated carbocycles. The summed E-state index contributed by atoms with van der Waals surface area (Å²) < 4.78 is 74.4. The molecular formula is C24H27FN8O8P2S2. The number of hydrogen-bond acceptors (Lipinski definition) is 13. The molecule has 1 aromatic carbocycles. The smallest absolute Gasteiger partial charge is 0.382 e. The van der Waals surface area contributed by atoms with Gasteiger partial charge in [-0.05, 0) is 24.5 Å². The number of fused-ring (bicyclic) bond motifs is 5. The second kappa shape index (κ2) is 11.6. The van der Waals surface area contributed by atoms with E-state index in [1.807, 2.05) is 4.57 Å². The van der Waals surface area contributed by atoms with Gasteiger partial charge in [0.2, 0.25) is 0 Å². The summed E-state index contributed by atoms with van der Waals surface area (Å²) in [5, 5.41) is 0. The summed E-state index contributed by atoms with van der Waals surface area (Å²) in [5.41, 5.74) is 13.1. The Kier molecular flexibility index (Phi) is 7.98. The molecule has 7 rings (SSSR count). The van der Waals surface area contributed by atoms with Gasteiger partial charge in [-0.2, -0.15) is 0 Å². The molecule has 2 unspecified atom stereocenters. The van der Waals surface area contributed by atoms with Crippen LogP contribution in [-0.4, -0.2) is 73.2 Å². The molecule has 16 nitrogen and oxygen atoms in total. The molecule has 3 aliphatic rings. The molecule has 2 aliphatic heterocycles. The Morgan fingerprint density at radius 1 is 0.978 bits per heavy atom. The molecule has 5 heterocycles. The number of nitrogens with zero attached hydrogens (tertiary/aromatic N) is 6. The van der Waals surface area contributed by atoms with Crippen molar-refractivity contribution in [3.05, 3.63) is 42.7 Å². The van der Waals surface area contributed by atoms with Crippen molar-refractivity contribution in [2.45, 2.75) is 37.1 Å². The van der Waals surface area contributed by atoms with Gasteiger partial charge in [-0.15, -0.1) is 0 Å². The normalized spacial score (nSPS) is 35.9. The molecule has 45 heavy (non-hydrogen) atoms. The van der Waals surface area contributed by atoms with Gasteiger partial charge in [-0.3, -0.25) is 13.8 Å². The Morgan fingerprint density at radius 2 is 1.71 bits per heavy atom. The maximum Gasteiger partial charge on any atom is 0.386 e. The zero-order valence-corrected chi connectivity index (χ0v) is 26.7. The molecule has 240 valence electrons. The molecule has 21 heteroatoms. The number of halogens is 1. The lowest BCUT2D eigenvalue weighted by atomic mass is 9.70. The minimum absolute atomic E-state index is 0.101. The van der Waals surface area contributed by atoms with E-state index in [1.165, 1.54) is 23.3 Å². The van der Waals surface area contributed by atoms with Crippen molar-refractivity contribution in [2.24, 2.45) is 17.6 Å².